The summed E-state index contributed by atoms with van der Waals surface area (Å²) in [6.07, 6.45) is 3.14. The summed E-state index contributed by atoms with van der Waals surface area (Å²) >= 11 is 0. The van der Waals surface area contributed by atoms with E-state index in [1.807, 2.05) is 0 Å². The summed E-state index contributed by atoms with van der Waals surface area (Å²) in [5.74, 6) is -1.33. The third-order valence-electron chi connectivity index (χ3n) is 2.18. The fourth-order valence-electron chi connectivity index (χ4n) is 1.42. The highest BCUT2D eigenvalue weighted by atomic mass is 16.6. The quantitative estimate of drug-likeness (QED) is 0.639. The van der Waals surface area contributed by atoms with Crippen LogP contribution in [0.2, 0.25) is 0 Å². The molecule has 0 radical (unpaired) electrons. The summed E-state index contributed by atoms with van der Waals surface area (Å²) in [5, 5.41) is 23.5. The average Bonchev–Trinajstić information content (AvgIpc) is 2.81. The van der Waals surface area contributed by atoms with Crippen molar-refractivity contribution in [2.75, 3.05) is 0 Å². The molecule has 0 fully saturated rings. The Bertz CT molecular complexity index is 577. The first-order valence-corrected chi connectivity index (χ1v) is 4.61. The maximum atomic E-state index is 10.8. The molecule has 1 aromatic carbocycles. The van der Waals surface area contributed by atoms with E-state index in [1.165, 1.54) is 29.1 Å². The standard InChI is InChI=1S/C10H7N3O4/c14-10(15)8-3-2-7(6-9(8)13(16)17)12-5-1-4-11-12/h1-6H,(H,14,15). The Morgan fingerprint density at radius 1 is 1.47 bits per heavy atom. The Morgan fingerprint density at radius 2 is 2.24 bits per heavy atom. The van der Waals surface area contributed by atoms with Gasteiger partial charge in [-0.15, -0.1) is 0 Å². The molecule has 1 aromatic heterocycles. The third kappa shape index (κ3) is 1.98. The molecule has 0 aliphatic rings. The van der Waals surface area contributed by atoms with Crippen LogP contribution in [0.3, 0.4) is 0 Å². The van der Waals surface area contributed by atoms with Crippen molar-refractivity contribution in [3.63, 3.8) is 0 Å². The van der Waals surface area contributed by atoms with E-state index in [1.54, 1.807) is 12.3 Å². The molecule has 0 amide bonds. The second kappa shape index (κ2) is 4.05. The van der Waals surface area contributed by atoms with Crippen LogP contribution < -0.4 is 0 Å². The number of nitrogens with zero attached hydrogens (tertiary/aromatic N) is 3. The zero-order chi connectivity index (χ0) is 12.4. The van der Waals surface area contributed by atoms with E-state index >= 15 is 0 Å². The Morgan fingerprint density at radius 3 is 2.76 bits per heavy atom. The number of hydrogen-bond donors (Lipinski definition) is 1. The van der Waals surface area contributed by atoms with Gasteiger partial charge in [0.1, 0.15) is 5.56 Å². The zero-order valence-electron chi connectivity index (χ0n) is 8.48. The second-order valence-corrected chi connectivity index (χ2v) is 3.21. The number of rotatable bonds is 3. The molecule has 7 heteroatoms. The number of nitro groups is 1. The number of aromatic nitrogens is 2. The lowest BCUT2D eigenvalue weighted by Gasteiger charge is -2.03. The highest BCUT2D eigenvalue weighted by molar-refractivity contribution is 5.92. The number of aromatic carboxylic acids is 1. The molecule has 1 heterocycles. The molecule has 0 saturated carbocycles. The highest BCUT2D eigenvalue weighted by Gasteiger charge is 2.20. The Hall–Kier alpha value is -2.70. The van der Waals surface area contributed by atoms with Crippen molar-refractivity contribution in [3.8, 4) is 5.69 Å². The summed E-state index contributed by atoms with van der Waals surface area (Å²) < 4.78 is 1.42. The number of nitro benzene ring substituents is 1. The molecule has 0 saturated heterocycles. The molecule has 0 atom stereocenters. The van der Waals surface area contributed by atoms with E-state index in [0.29, 0.717) is 5.69 Å². The predicted octanol–water partition coefficient (Wildman–Crippen LogP) is 1.48. The van der Waals surface area contributed by atoms with Gasteiger partial charge >= 0.3 is 5.97 Å². The number of carboxylic acid groups (broad SMARTS) is 1. The van der Waals surface area contributed by atoms with Gasteiger partial charge in [0.15, 0.2) is 0 Å². The maximum absolute atomic E-state index is 10.8. The Labute approximate surface area is 95.1 Å². The first kappa shape index (κ1) is 10.8. The van der Waals surface area contributed by atoms with E-state index in [-0.39, 0.29) is 5.56 Å². The van der Waals surface area contributed by atoms with Crippen LogP contribution in [0.4, 0.5) is 5.69 Å². The predicted molar refractivity (Wildman–Crippen MR) is 57.2 cm³/mol. The van der Waals surface area contributed by atoms with E-state index < -0.39 is 16.6 Å². The van der Waals surface area contributed by atoms with Gasteiger partial charge in [-0.1, -0.05) is 0 Å². The van der Waals surface area contributed by atoms with E-state index in [4.69, 9.17) is 5.11 Å². The highest BCUT2D eigenvalue weighted by Crippen LogP contribution is 2.22. The van der Waals surface area contributed by atoms with Gasteiger partial charge in [-0.2, -0.15) is 5.10 Å². The molecule has 0 aliphatic carbocycles. The second-order valence-electron chi connectivity index (χ2n) is 3.21. The van der Waals surface area contributed by atoms with Crippen molar-refractivity contribution in [3.05, 3.63) is 52.3 Å². The topological polar surface area (TPSA) is 98.3 Å². The van der Waals surface area contributed by atoms with Gasteiger partial charge in [-0.3, -0.25) is 10.1 Å². The minimum atomic E-state index is -1.33. The minimum absolute atomic E-state index is 0.342. The number of carbonyl (C=O) groups is 1. The van der Waals surface area contributed by atoms with Gasteiger partial charge in [-0.05, 0) is 18.2 Å². The molecule has 0 spiro atoms. The SMILES string of the molecule is O=C(O)c1ccc(-n2cccn2)cc1[N+](=O)[O-]. The number of benzene rings is 1. The molecular weight excluding hydrogens is 226 g/mol. The summed E-state index contributed by atoms with van der Waals surface area (Å²) in [7, 11) is 0. The lowest BCUT2D eigenvalue weighted by atomic mass is 10.1. The fraction of sp³-hybridized carbons (Fsp3) is 0. The van der Waals surface area contributed by atoms with Crippen molar-refractivity contribution >= 4 is 11.7 Å². The Kier molecular flexibility index (Phi) is 2.57. The van der Waals surface area contributed by atoms with Gasteiger partial charge in [0.25, 0.3) is 5.69 Å². The average molecular weight is 233 g/mol. The van der Waals surface area contributed by atoms with Crippen LogP contribution in [-0.2, 0) is 0 Å². The molecule has 2 rings (SSSR count). The molecule has 0 aliphatic heterocycles. The normalized spacial score (nSPS) is 10.1. The summed E-state index contributed by atoms with van der Waals surface area (Å²) in [4.78, 5) is 20.8. The van der Waals surface area contributed by atoms with Gasteiger partial charge in [0, 0.05) is 18.5 Å². The molecular formula is C10H7N3O4. The largest absolute Gasteiger partial charge is 0.477 e. The number of hydrogen-bond acceptors (Lipinski definition) is 4. The van der Waals surface area contributed by atoms with Gasteiger partial charge < -0.3 is 5.11 Å². The van der Waals surface area contributed by atoms with Crippen molar-refractivity contribution in [1.29, 1.82) is 0 Å². The van der Waals surface area contributed by atoms with Crippen LogP contribution in [0.25, 0.3) is 5.69 Å². The molecule has 7 nitrogen and oxygen atoms in total. The van der Waals surface area contributed by atoms with Crippen molar-refractivity contribution in [1.82, 2.24) is 9.78 Å². The molecule has 1 N–H and O–H groups in total. The summed E-state index contributed by atoms with van der Waals surface area (Å²) in [6, 6.07) is 5.49. The smallest absolute Gasteiger partial charge is 0.342 e. The van der Waals surface area contributed by atoms with Gasteiger partial charge in [-0.25, -0.2) is 9.48 Å². The molecule has 17 heavy (non-hydrogen) atoms. The van der Waals surface area contributed by atoms with Gasteiger partial charge in [0.2, 0.25) is 0 Å². The van der Waals surface area contributed by atoms with Crippen LogP contribution in [0.1, 0.15) is 10.4 Å². The lowest BCUT2D eigenvalue weighted by Crippen LogP contribution is -2.04. The summed E-state index contributed by atoms with van der Waals surface area (Å²) in [6.45, 7) is 0. The first-order chi connectivity index (χ1) is 8.09. The molecule has 2 aromatic rings. The van der Waals surface area contributed by atoms with E-state index in [0.717, 1.165) is 0 Å². The van der Waals surface area contributed by atoms with Crippen molar-refractivity contribution < 1.29 is 14.8 Å². The number of carboxylic acids is 1. The third-order valence-corrected chi connectivity index (χ3v) is 2.18. The van der Waals surface area contributed by atoms with E-state index in [2.05, 4.69) is 5.10 Å². The lowest BCUT2D eigenvalue weighted by molar-refractivity contribution is -0.385. The summed E-state index contributed by atoms with van der Waals surface area (Å²) in [5.41, 5.74) is -0.358. The Balaban J connectivity index is 2.57. The van der Waals surface area contributed by atoms with E-state index in [9.17, 15) is 14.9 Å². The molecule has 0 bridgehead atoms. The first-order valence-electron chi connectivity index (χ1n) is 4.61. The van der Waals surface area contributed by atoms with Crippen molar-refractivity contribution in [2.24, 2.45) is 0 Å². The van der Waals surface area contributed by atoms with Crippen LogP contribution in [0.5, 0.6) is 0 Å². The fourth-order valence-corrected chi connectivity index (χ4v) is 1.42. The minimum Gasteiger partial charge on any atom is -0.477 e. The van der Waals surface area contributed by atoms with Crippen LogP contribution in [0.15, 0.2) is 36.7 Å². The molecule has 86 valence electrons. The zero-order valence-corrected chi connectivity index (χ0v) is 8.48. The maximum Gasteiger partial charge on any atom is 0.342 e. The van der Waals surface area contributed by atoms with Gasteiger partial charge in [0.05, 0.1) is 10.6 Å². The molecule has 0 unspecified atom stereocenters. The van der Waals surface area contributed by atoms with Crippen molar-refractivity contribution in [2.45, 2.75) is 0 Å². The van der Waals surface area contributed by atoms with Crippen LogP contribution in [0, 0.1) is 10.1 Å². The van der Waals surface area contributed by atoms with Crippen LogP contribution >= 0.6 is 0 Å². The monoisotopic (exact) mass is 233 g/mol. The van der Waals surface area contributed by atoms with Crippen LogP contribution in [-0.4, -0.2) is 25.8 Å².